The predicted molar refractivity (Wildman–Crippen MR) is 79.4 cm³/mol. The molecule has 0 unspecified atom stereocenters. The predicted octanol–water partition coefficient (Wildman–Crippen LogP) is 4.11. The van der Waals surface area contributed by atoms with Gasteiger partial charge in [0.15, 0.2) is 0 Å². The SMILES string of the molecule is Nc1cc(Cl)ccc1OCc1ccc(I)cc1. The smallest absolute Gasteiger partial charge is 0.142 e. The van der Waals surface area contributed by atoms with Crippen molar-refractivity contribution in [3.8, 4) is 5.75 Å². The lowest BCUT2D eigenvalue weighted by Crippen LogP contribution is -1.98. The first-order valence-corrected chi connectivity index (χ1v) is 6.53. The van der Waals surface area contributed by atoms with Crippen molar-refractivity contribution in [1.82, 2.24) is 0 Å². The topological polar surface area (TPSA) is 35.2 Å². The molecule has 0 radical (unpaired) electrons. The standard InChI is InChI=1S/C13H11ClINO/c14-10-3-6-13(12(16)7-10)17-8-9-1-4-11(15)5-2-9/h1-7H,8,16H2. The number of benzene rings is 2. The summed E-state index contributed by atoms with van der Waals surface area (Å²) in [6.45, 7) is 0.503. The molecule has 4 heteroatoms. The number of ether oxygens (including phenoxy) is 1. The minimum atomic E-state index is 0.503. The average molecular weight is 360 g/mol. The fourth-order valence-electron chi connectivity index (χ4n) is 1.39. The summed E-state index contributed by atoms with van der Waals surface area (Å²) in [6, 6.07) is 13.4. The van der Waals surface area contributed by atoms with Gasteiger partial charge >= 0.3 is 0 Å². The molecule has 0 bridgehead atoms. The molecule has 0 heterocycles. The number of hydrogen-bond acceptors (Lipinski definition) is 2. The van der Waals surface area contributed by atoms with Crippen molar-refractivity contribution in [1.29, 1.82) is 0 Å². The van der Waals surface area contributed by atoms with Gasteiger partial charge in [-0.1, -0.05) is 23.7 Å². The van der Waals surface area contributed by atoms with E-state index in [1.165, 1.54) is 3.57 Å². The van der Waals surface area contributed by atoms with Crippen LogP contribution in [0.5, 0.6) is 5.75 Å². The summed E-state index contributed by atoms with van der Waals surface area (Å²) in [5.74, 6) is 0.660. The van der Waals surface area contributed by atoms with Crippen LogP contribution in [-0.4, -0.2) is 0 Å². The lowest BCUT2D eigenvalue weighted by molar-refractivity contribution is 0.308. The molecule has 2 aromatic rings. The Labute approximate surface area is 119 Å². The van der Waals surface area contributed by atoms with Crippen molar-refractivity contribution in [3.05, 3.63) is 56.6 Å². The van der Waals surface area contributed by atoms with Gasteiger partial charge in [0, 0.05) is 8.59 Å². The zero-order chi connectivity index (χ0) is 12.3. The second kappa shape index (κ2) is 5.60. The molecule has 0 atom stereocenters. The van der Waals surface area contributed by atoms with Gasteiger partial charge in [0.2, 0.25) is 0 Å². The van der Waals surface area contributed by atoms with Gasteiger partial charge in [0.05, 0.1) is 5.69 Å². The zero-order valence-corrected chi connectivity index (χ0v) is 11.9. The monoisotopic (exact) mass is 359 g/mol. The highest BCUT2D eigenvalue weighted by Gasteiger charge is 2.01. The second-order valence-electron chi connectivity index (χ2n) is 3.60. The average Bonchev–Trinajstić information content (AvgIpc) is 2.30. The molecule has 0 aliphatic carbocycles. The Morgan fingerprint density at radius 1 is 1.12 bits per heavy atom. The Bertz CT molecular complexity index is 513. The van der Waals surface area contributed by atoms with E-state index in [-0.39, 0.29) is 0 Å². The number of anilines is 1. The van der Waals surface area contributed by atoms with Crippen LogP contribution in [0, 0.1) is 3.57 Å². The van der Waals surface area contributed by atoms with Crippen LogP contribution in [0.3, 0.4) is 0 Å². The summed E-state index contributed by atoms with van der Waals surface area (Å²) in [5, 5.41) is 0.615. The third kappa shape index (κ3) is 3.51. The maximum absolute atomic E-state index is 5.82. The molecule has 2 nitrogen and oxygen atoms in total. The van der Waals surface area contributed by atoms with Crippen molar-refractivity contribution in [2.45, 2.75) is 6.61 Å². The van der Waals surface area contributed by atoms with Gasteiger partial charge < -0.3 is 10.5 Å². The second-order valence-corrected chi connectivity index (χ2v) is 5.28. The molecular weight excluding hydrogens is 349 g/mol. The Hall–Kier alpha value is -0.940. The molecule has 0 aromatic heterocycles. The number of rotatable bonds is 3. The van der Waals surface area contributed by atoms with Crippen LogP contribution < -0.4 is 10.5 Å². The van der Waals surface area contributed by atoms with E-state index in [0.717, 1.165) is 5.56 Å². The zero-order valence-electron chi connectivity index (χ0n) is 8.99. The molecule has 0 spiro atoms. The Morgan fingerprint density at radius 3 is 2.47 bits per heavy atom. The Morgan fingerprint density at radius 2 is 1.82 bits per heavy atom. The van der Waals surface area contributed by atoms with Crippen LogP contribution in [0.15, 0.2) is 42.5 Å². The largest absolute Gasteiger partial charge is 0.487 e. The summed E-state index contributed by atoms with van der Waals surface area (Å²) in [4.78, 5) is 0. The number of halogens is 2. The highest BCUT2D eigenvalue weighted by molar-refractivity contribution is 14.1. The Kier molecular flexibility index (Phi) is 4.12. The summed E-state index contributed by atoms with van der Waals surface area (Å²) in [6.07, 6.45) is 0. The lowest BCUT2D eigenvalue weighted by atomic mass is 10.2. The highest BCUT2D eigenvalue weighted by atomic mass is 127. The summed E-state index contributed by atoms with van der Waals surface area (Å²) in [7, 11) is 0. The summed E-state index contributed by atoms with van der Waals surface area (Å²) < 4.78 is 6.84. The van der Waals surface area contributed by atoms with Crippen molar-refractivity contribution in [2.75, 3.05) is 5.73 Å². The van der Waals surface area contributed by atoms with Crippen molar-refractivity contribution < 1.29 is 4.74 Å². The first kappa shape index (κ1) is 12.5. The molecule has 0 saturated heterocycles. The number of nitrogen functional groups attached to an aromatic ring is 1. The van der Waals surface area contributed by atoms with Gasteiger partial charge in [-0.2, -0.15) is 0 Å². The third-order valence-corrected chi connectivity index (χ3v) is 3.23. The van der Waals surface area contributed by atoms with E-state index >= 15 is 0 Å². The first-order valence-electron chi connectivity index (χ1n) is 5.07. The molecule has 2 N–H and O–H groups in total. The van der Waals surface area contributed by atoms with Gasteiger partial charge in [0.25, 0.3) is 0 Å². The first-order chi connectivity index (χ1) is 8.15. The molecule has 17 heavy (non-hydrogen) atoms. The van der Waals surface area contributed by atoms with Gasteiger partial charge in [-0.3, -0.25) is 0 Å². The normalized spacial score (nSPS) is 10.2. The van der Waals surface area contributed by atoms with Crippen LogP contribution in [0.1, 0.15) is 5.56 Å². The van der Waals surface area contributed by atoms with Crippen LogP contribution in [-0.2, 0) is 6.61 Å². The molecule has 88 valence electrons. The molecule has 0 amide bonds. The van der Waals surface area contributed by atoms with Crippen LogP contribution >= 0.6 is 34.2 Å². The summed E-state index contributed by atoms with van der Waals surface area (Å²) >= 11 is 8.09. The van der Waals surface area contributed by atoms with Crippen molar-refractivity contribution >= 4 is 39.9 Å². The molecule has 2 rings (SSSR count). The maximum atomic E-state index is 5.82. The highest BCUT2D eigenvalue weighted by Crippen LogP contribution is 2.25. The fourth-order valence-corrected chi connectivity index (χ4v) is 1.93. The molecule has 0 aliphatic rings. The fraction of sp³-hybridized carbons (Fsp3) is 0.0769. The molecule has 0 saturated carbocycles. The molecule has 2 aromatic carbocycles. The minimum Gasteiger partial charge on any atom is -0.487 e. The van der Waals surface area contributed by atoms with Crippen molar-refractivity contribution in [3.63, 3.8) is 0 Å². The van der Waals surface area contributed by atoms with E-state index < -0.39 is 0 Å². The van der Waals surface area contributed by atoms with E-state index in [2.05, 4.69) is 22.6 Å². The number of hydrogen-bond donors (Lipinski definition) is 1. The minimum absolute atomic E-state index is 0.503. The summed E-state index contributed by atoms with van der Waals surface area (Å²) in [5.41, 5.74) is 7.47. The third-order valence-electron chi connectivity index (χ3n) is 2.28. The van der Waals surface area contributed by atoms with Crippen LogP contribution in [0.2, 0.25) is 5.02 Å². The maximum Gasteiger partial charge on any atom is 0.142 e. The van der Waals surface area contributed by atoms with E-state index in [0.29, 0.717) is 23.1 Å². The number of nitrogens with two attached hydrogens (primary N) is 1. The van der Waals surface area contributed by atoms with E-state index in [1.807, 2.05) is 24.3 Å². The molecule has 0 fully saturated rings. The van der Waals surface area contributed by atoms with Gasteiger partial charge in [-0.15, -0.1) is 0 Å². The molecule has 0 aliphatic heterocycles. The van der Waals surface area contributed by atoms with Gasteiger partial charge in [0.1, 0.15) is 12.4 Å². The van der Waals surface area contributed by atoms with E-state index in [9.17, 15) is 0 Å². The van der Waals surface area contributed by atoms with Crippen LogP contribution in [0.4, 0.5) is 5.69 Å². The van der Waals surface area contributed by atoms with E-state index in [4.69, 9.17) is 22.1 Å². The lowest BCUT2D eigenvalue weighted by Gasteiger charge is -2.09. The van der Waals surface area contributed by atoms with Crippen molar-refractivity contribution in [2.24, 2.45) is 0 Å². The molecular formula is C13H11ClINO. The Balaban J connectivity index is 2.04. The van der Waals surface area contributed by atoms with E-state index in [1.54, 1.807) is 18.2 Å². The van der Waals surface area contributed by atoms with Gasteiger partial charge in [-0.05, 0) is 58.5 Å². The quantitative estimate of drug-likeness (QED) is 0.661. The van der Waals surface area contributed by atoms with Crippen LogP contribution in [0.25, 0.3) is 0 Å². The van der Waals surface area contributed by atoms with Gasteiger partial charge in [-0.25, -0.2) is 0 Å².